The van der Waals surface area contributed by atoms with Crippen LogP contribution in [-0.2, 0) is 9.84 Å². The van der Waals surface area contributed by atoms with Crippen molar-refractivity contribution in [2.24, 2.45) is 0 Å². The molecule has 0 amide bonds. The Hall–Kier alpha value is -2.50. The van der Waals surface area contributed by atoms with Crippen LogP contribution in [0.1, 0.15) is 34.4 Å². The fourth-order valence-corrected chi connectivity index (χ4v) is 6.11. The third-order valence-electron chi connectivity index (χ3n) is 4.87. The second kappa shape index (κ2) is 6.59. The number of sulfone groups is 1. The Balaban J connectivity index is 1.75. The van der Waals surface area contributed by atoms with Gasteiger partial charge in [0.15, 0.2) is 9.84 Å². The molecule has 27 heavy (non-hydrogen) atoms. The van der Waals surface area contributed by atoms with Gasteiger partial charge in [-0.1, -0.05) is 12.1 Å². The van der Waals surface area contributed by atoms with E-state index in [0.29, 0.717) is 17.0 Å². The van der Waals surface area contributed by atoms with Crippen LogP contribution in [0, 0.1) is 25.2 Å². The zero-order valence-corrected chi connectivity index (χ0v) is 16.6. The largest absolute Gasteiger partial charge is 0.265 e. The molecule has 0 N–H and O–H groups in total. The van der Waals surface area contributed by atoms with Crippen molar-refractivity contribution in [3.63, 3.8) is 0 Å². The summed E-state index contributed by atoms with van der Waals surface area (Å²) in [5, 5.41) is 14.9. The molecule has 3 aromatic rings. The number of allylic oxidation sites excluding steroid dienone is 1. The molecule has 6 nitrogen and oxygen atoms in total. The van der Waals surface area contributed by atoms with Crippen LogP contribution in [0.5, 0.6) is 0 Å². The maximum atomic E-state index is 11.8. The van der Waals surface area contributed by atoms with E-state index < -0.39 is 9.84 Å². The van der Waals surface area contributed by atoms with Crippen molar-refractivity contribution in [2.75, 3.05) is 11.5 Å². The molecule has 0 spiro atoms. The van der Waals surface area contributed by atoms with Gasteiger partial charge in [0.25, 0.3) is 0 Å². The van der Waals surface area contributed by atoms with Gasteiger partial charge in [0.05, 0.1) is 39.0 Å². The molecule has 1 unspecified atom stereocenters. The van der Waals surface area contributed by atoms with Crippen molar-refractivity contribution in [2.45, 2.75) is 26.3 Å². The molecule has 1 fully saturated rings. The van der Waals surface area contributed by atoms with E-state index >= 15 is 0 Å². The van der Waals surface area contributed by atoms with Gasteiger partial charge in [0.1, 0.15) is 11.1 Å². The highest BCUT2D eigenvalue weighted by Gasteiger charge is 2.31. The number of hydrogen-bond acceptors (Lipinski definition) is 6. The summed E-state index contributed by atoms with van der Waals surface area (Å²) in [7, 11) is -2.99. The molecule has 3 heterocycles. The lowest BCUT2D eigenvalue weighted by atomic mass is 10.1. The van der Waals surface area contributed by atoms with Gasteiger partial charge in [-0.05, 0) is 38.5 Å². The van der Waals surface area contributed by atoms with E-state index in [9.17, 15) is 13.7 Å². The summed E-state index contributed by atoms with van der Waals surface area (Å²) in [5.41, 5.74) is 3.88. The molecule has 0 saturated carbocycles. The maximum absolute atomic E-state index is 11.8. The zero-order valence-electron chi connectivity index (χ0n) is 15.0. The lowest BCUT2D eigenvalue weighted by molar-refractivity contribution is 0.486. The summed E-state index contributed by atoms with van der Waals surface area (Å²) in [4.78, 5) is 4.56. The van der Waals surface area contributed by atoms with Crippen LogP contribution >= 0.6 is 11.3 Å². The van der Waals surface area contributed by atoms with Crippen molar-refractivity contribution >= 4 is 43.0 Å². The highest BCUT2D eigenvalue weighted by atomic mass is 32.2. The highest BCUT2D eigenvalue weighted by molar-refractivity contribution is 7.91. The SMILES string of the molecule is Cc1nn(C2CCS(=O)(=O)C2)c(C)c1/C=C(/C#N)c1nc2ccccc2s1. The molecule has 1 aliphatic heterocycles. The van der Waals surface area contributed by atoms with Gasteiger partial charge in [0.2, 0.25) is 0 Å². The number of aryl methyl sites for hydroxylation is 1. The van der Waals surface area contributed by atoms with Gasteiger partial charge in [-0.2, -0.15) is 10.4 Å². The monoisotopic (exact) mass is 398 g/mol. The maximum Gasteiger partial charge on any atom is 0.152 e. The lowest BCUT2D eigenvalue weighted by Gasteiger charge is -2.11. The summed E-state index contributed by atoms with van der Waals surface area (Å²) in [6.07, 6.45) is 2.39. The number of fused-ring (bicyclic) bond motifs is 1. The molecular formula is C19H18N4O2S2. The predicted octanol–water partition coefficient (Wildman–Crippen LogP) is 3.53. The van der Waals surface area contributed by atoms with Gasteiger partial charge in [-0.25, -0.2) is 13.4 Å². The number of rotatable bonds is 3. The normalized spacial score (nSPS) is 19.4. The van der Waals surface area contributed by atoms with Crippen molar-refractivity contribution < 1.29 is 8.42 Å². The molecule has 2 aromatic heterocycles. The van der Waals surface area contributed by atoms with E-state index in [1.54, 1.807) is 4.68 Å². The van der Waals surface area contributed by atoms with E-state index in [0.717, 1.165) is 27.2 Å². The van der Waals surface area contributed by atoms with Gasteiger partial charge in [-0.3, -0.25) is 4.68 Å². The Kier molecular flexibility index (Phi) is 4.36. The van der Waals surface area contributed by atoms with Crippen LogP contribution in [0.4, 0.5) is 0 Å². The summed E-state index contributed by atoms with van der Waals surface area (Å²) in [6.45, 7) is 3.80. The van der Waals surface area contributed by atoms with Crippen LogP contribution in [0.15, 0.2) is 24.3 Å². The summed E-state index contributed by atoms with van der Waals surface area (Å²) >= 11 is 1.48. The Bertz CT molecular complexity index is 1180. The first-order valence-corrected chi connectivity index (χ1v) is 11.3. The first kappa shape index (κ1) is 17.9. The Morgan fingerprint density at radius 3 is 2.81 bits per heavy atom. The van der Waals surface area contributed by atoms with Gasteiger partial charge < -0.3 is 0 Å². The second-order valence-electron chi connectivity index (χ2n) is 6.74. The van der Waals surface area contributed by atoms with Crippen LogP contribution in [0.3, 0.4) is 0 Å². The van der Waals surface area contributed by atoms with Gasteiger partial charge >= 0.3 is 0 Å². The molecular weight excluding hydrogens is 380 g/mol. The molecule has 0 aliphatic carbocycles. The zero-order chi connectivity index (χ0) is 19.2. The van der Waals surface area contributed by atoms with E-state index in [1.165, 1.54) is 11.3 Å². The van der Waals surface area contributed by atoms with Crippen molar-refractivity contribution in [1.82, 2.24) is 14.8 Å². The molecule has 1 aliphatic rings. The standard InChI is InChI=1S/C19H18N4O2S2/c1-12-16(13(2)23(22-12)15-7-8-27(24,25)11-15)9-14(10-20)19-21-17-5-3-4-6-18(17)26-19/h3-6,9,15H,7-8,11H2,1-2H3/b14-9-. The number of aromatic nitrogens is 3. The number of para-hydroxylation sites is 1. The second-order valence-corrected chi connectivity index (χ2v) is 10.0. The quantitative estimate of drug-likeness (QED) is 0.630. The molecule has 138 valence electrons. The summed E-state index contributed by atoms with van der Waals surface area (Å²) in [5.74, 6) is 0.331. The van der Waals surface area contributed by atoms with Crippen LogP contribution in [0.2, 0.25) is 0 Å². The summed E-state index contributed by atoms with van der Waals surface area (Å²) < 4.78 is 26.5. The first-order chi connectivity index (χ1) is 12.9. The first-order valence-electron chi connectivity index (χ1n) is 8.62. The van der Waals surface area contributed by atoms with Crippen LogP contribution in [0.25, 0.3) is 21.9 Å². The number of nitrogens with zero attached hydrogens (tertiary/aromatic N) is 4. The molecule has 1 saturated heterocycles. The molecule has 4 rings (SSSR count). The number of benzene rings is 1. The topological polar surface area (TPSA) is 88.6 Å². The highest BCUT2D eigenvalue weighted by Crippen LogP contribution is 2.31. The van der Waals surface area contributed by atoms with Crippen molar-refractivity contribution in [3.05, 3.63) is 46.2 Å². The third kappa shape index (κ3) is 3.29. The average molecular weight is 399 g/mol. The third-order valence-corrected chi connectivity index (χ3v) is 7.69. The molecule has 1 atom stereocenters. The number of nitriles is 1. The molecule has 0 radical (unpaired) electrons. The lowest BCUT2D eigenvalue weighted by Crippen LogP contribution is -2.13. The predicted molar refractivity (Wildman–Crippen MR) is 107 cm³/mol. The van der Waals surface area contributed by atoms with Gasteiger partial charge in [-0.15, -0.1) is 11.3 Å². The fraction of sp³-hybridized carbons (Fsp3) is 0.316. The van der Waals surface area contributed by atoms with Gasteiger partial charge in [0, 0.05) is 11.3 Å². The minimum absolute atomic E-state index is 0.126. The average Bonchev–Trinajstić information content (AvgIpc) is 3.29. The van der Waals surface area contributed by atoms with E-state index in [2.05, 4.69) is 16.2 Å². The minimum Gasteiger partial charge on any atom is -0.265 e. The molecule has 0 bridgehead atoms. The fourth-order valence-electron chi connectivity index (χ4n) is 3.48. The van der Waals surface area contributed by atoms with E-state index in [-0.39, 0.29) is 17.5 Å². The summed E-state index contributed by atoms with van der Waals surface area (Å²) in [6, 6.07) is 9.91. The molecule has 8 heteroatoms. The number of thiazole rings is 1. The Morgan fingerprint density at radius 2 is 2.15 bits per heavy atom. The molecule has 1 aromatic carbocycles. The number of hydrogen-bond donors (Lipinski definition) is 0. The van der Waals surface area contributed by atoms with Crippen molar-refractivity contribution in [3.8, 4) is 6.07 Å². The van der Waals surface area contributed by atoms with Crippen molar-refractivity contribution in [1.29, 1.82) is 5.26 Å². The van der Waals surface area contributed by atoms with E-state index in [4.69, 9.17) is 0 Å². The van der Waals surface area contributed by atoms with E-state index in [1.807, 2.05) is 44.2 Å². The Labute approximate surface area is 161 Å². The van der Waals surface area contributed by atoms with Crippen LogP contribution < -0.4 is 0 Å². The smallest absolute Gasteiger partial charge is 0.152 e. The Morgan fingerprint density at radius 1 is 1.37 bits per heavy atom. The van der Waals surface area contributed by atoms with Crippen LogP contribution in [-0.4, -0.2) is 34.7 Å². The minimum atomic E-state index is -2.99.